The van der Waals surface area contributed by atoms with Gasteiger partial charge in [0.15, 0.2) is 0 Å². The molecule has 116 valence electrons. The number of rotatable bonds is 5. The van der Waals surface area contributed by atoms with E-state index in [-0.39, 0.29) is 5.91 Å². The lowest BCUT2D eigenvalue weighted by Gasteiger charge is -2.08. The Morgan fingerprint density at radius 1 is 1.05 bits per heavy atom. The number of ether oxygens (including phenoxy) is 1. The topological polar surface area (TPSA) is 84.5 Å². The van der Waals surface area contributed by atoms with Gasteiger partial charge in [-0.15, -0.1) is 0 Å². The van der Waals surface area contributed by atoms with Crippen LogP contribution in [-0.4, -0.2) is 27.7 Å². The Morgan fingerprint density at radius 2 is 1.73 bits per heavy atom. The van der Waals surface area contributed by atoms with E-state index in [1.165, 1.54) is 12.1 Å². The molecule has 6 nitrogen and oxygen atoms in total. The second-order valence-electron chi connectivity index (χ2n) is 4.64. The second kappa shape index (κ2) is 6.48. The van der Waals surface area contributed by atoms with Gasteiger partial charge in [-0.3, -0.25) is 9.52 Å². The molecule has 7 heteroatoms. The number of methoxy groups -OCH3 is 1. The quantitative estimate of drug-likeness (QED) is 0.885. The zero-order valence-corrected chi connectivity index (χ0v) is 13.0. The summed E-state index contributed by atoms with van der Waals surface area (Å²) in [7, 11) is -1.78. The maximum atomic E-state index is 12.1. The molecule has 0 unspecified atom stereocenters. The van der Waals surface area contributed by atoms with Crippen molar-refractivity contribution in [3.8, 4) is 5.75 Å². The molecule has 0 aliphatic heterocycles. The zero-order chi connectivity index (χ0) is 16.2. The number of carbonyl (C=O) groups excluding carboxylic acids is 1. The summed E-state index contributed by atoms with van der Waals surface area (Å²) in [5.74, 6) is 0.352. The number of amides is 1. The Morgan fingerprint density at radius 3 is 2.32 bits per heavy atom. The SMILES string of the molecule is COc1cccc(NC(=O)c2ccc(NS(C)(=O)=O)cc2)c1. The molecule has 2 N–H and O–H groups in total. The molecule has 0 aromatic heterocycles. The summed E-state index contributed by atoms with van der Waals surface area (Å²) in [6.45, 7) is 0. The number of sulfonamides is 1. The van der Waals surface area contributed by atoms with Gasteiger partial charge in [0.2, 0.25) is 10.0 Å². The van der Waals surface area contributed by atoms with Gasteiger partial charge in [0.25, 0.3) is 5.91 Å². The van der Waals surface area contributed by atoms with Gasteiger partial charge in [0.05, 0.1) is 13.4 Å². The largest absolute Gasteiger partial charge is 0.497 e. The highest BCUT2D eigenvalue weighted by atomic mass is 32.2. The molecule has 1 amide bonds. The van der Waals surface area contributed by atoms with Crippen LogP contribution in [0, 0.1) is 0 Å². The average Bonchev–Trinajstić information content (AvgIpc) is 2.46. The molecule has 0 aliphatic rings. The lowest BCUT2D eigenvalue weighted by Crippen LogP contribution is -2.13. The van der Waals surface area contributed by atoms with Crippen molar-refractivity contribution in [2.45, 2.75) is 0 Å². The number of anilines is 2. The van der Waals surface area contributed by atoms with Gasteiger partial charge < -0.3 is 10.1 Å². The van der Waals surface area contributed by atoms with Crippen LogP contribution >= 0.6 is 0 Å². The minimum atomic E-state index is -3.33. The average molecular weight is 320 g/mol. The highest BCUT2D eigenvalue weighted by molar-refractivity contribution is 7.92. The molecule has 0 heterocycles. The van der Waals surface area contributed by atoms with Gasteiger partial charge in [-0.1, -0.05) is 6.07 Å². The molecular formula is C15H16N2O4S. The van der Waals surface area contributed by atoms with Crippen LogP contribution in [0.3, 0.4) is 0 Å². The van der Waals surface area contributed by atoms with Crippen LogP contribution in [0.15, 0.2) is 48.5 Å². The van der Waals surface area contributed by atoms with Crippen molar-refractivity contribution in [3.63, 3.8) is 0 Å². The van der Waals surface area contributed by atoms with Crippen molar-refractivity contribution < 1.29 is 17.9 Å². The number of nitrogens with one attached hydrogen (secondary N) is 2. The number of benzene rings is 2. The summed E-state index contributed by atoms with van der Waals surface area (Å²) in [6.07, 6.45) is 1.07. The van der Waals surface area contributed by atoms with Crippen LogP contribution in [0.4, 0.5) is 11.4 Å². The summed E-state index contributed by atoms with van der Waals surface area (Å²) in [5, 5.41) is 2.74. The molecule has 0 atom stereocenters. The first-order chi connectivity index (χ1) is 10.4. The molecule has 0 fully saturated rings. The van der Waals surface area contributed by atoms with Crippen molar-refractivity contribution in [2.24, 2.45) is 0 Å². The van der Waals surface area contributed by atoms with Crippen molar-refractivity contribution in [3.05, 3.63) is 54.1 Å². The third-order valence-electron chi connectivity index (χ3n) is 2.78. The van der Waals surface area contributed by atoms with Crippen molar-refractivity contribution in [2.75, 3.05) is 23.4 Å². The molecular weight excluding hydrogens is 304 g/mol. The maximum absolute atomic E-state index is 12.1. The maximum Gasteiger partial charge on any atom is 0.255 e. The first kappa shape index (κ1) is 15.8. The van der Waals surface area contributed by atoms with Crippen molar-refractivity contribution in [1.82, 2.24) is 0 Å². The summed E-state index contributed by atoms with van der Waals surface area (Å²) >= 11 is 0. The Labute approximate surface area is 129 Å². The molecule has 2 rings (SSSR count). The third-order valence-corrected chi connectivity index (χ3v) is 3.38. The van der Waals surface area contributed by atoms with E-state index in [0.717, 1.165) is 6.26 Å². The van der Waals surface area contributed by atoms with Crippen molar-refractivity contribution in [1.29, 1.82) is 0 Å². The van der Waals surface area contributed by atoms with E-state index in [1.807, 2.05) is 0 Å². The molecule has 0 spiro atoms. The summed E-state index contributed by atoms with van der Waals surface area (Å²) in [6, 6.07) is 13.2. The van der Waals surface area contributed by atoms with E-state index >= 15 is 0 Å². The fourth-order valence-corrected chi connectivity index (χ4v) is 2.37. The lowest BCUT2D eigenvalue weighted by atomic mass is 10.2. The van der Waals surface area contributed by atoms with Crippen LogP contribution in [0.1, 0.15) is 10.4 Å². The van der Waals surface area contributed by atoms with Gasteiger partial charge in [-0.2, -0.15) is 0 Å². The number of hydrogen-bond donors (Lipinski definition) is 2. The highest BCUT2D eigenvalue weighted by Crippen LogP contribution is 2.18. The predicted octanol–water partition coefficient (Wildman–Crippen LogP) is 2.32. The molecule has 0 radical (unpaired) electrons. The molecule has 0 aliphatic carbocycles. The van der Waals surface area contributed by atoms with E-state index in [4.69, 9.17) is 4.74 Å². The van der Waals surface area contributed by atoms with E-state index < -0.39 is 10.0 Å². The molecule has 0 saturated heterocycles. The van der Waals surface area contributed by atoms with Crippen molar-refractivity contribution >= 4 is 27.3 Å². The van der Waals surface area contributed by atoms with Gasteiger partial charge in [-0.25, -0.2) is 8.42 Å². The number of hydrogen-bond acceptors (Lipinski definition) is 4. The van der Waals surface area contributed by atoms with Crippen LogP contribution in [-0.2, 0) is 10.0 Å². The van der Waals surface area contributed by atoms with Crippen LogP contribution in [0.2, 0.25) is 0 Å². The lowest BCUT2D eigenvalue weighted by molar-refractivity contribution is 0.102. The molecule has 2 aromatic rings. The van der Waals surface area contributed by atoms with E-state index in [2.05, 4.69) is 10.0 Å². The molecule has 22 heavy (non-hydrogen) atoms. The highest BCUT2D eigenvalue weighted by Gasteiger charge is 2.08. The fourth-order valence-electron chi connectivity index (χ4n) is 1.81. The molecule has 2 aromatic carbocycles. The fraction of sp³-hybridized carbons (Fsp3) is 0.133. The van der Waals surface area contributed by atoms with Crippen LogP contribution in [0.5, 0.6) is 5.75 Å². The molecule has 0 bridgehead atoms. The summed E-state index contributed by atoms with van der Waals surface area (Å²) in [4.78, 5) is 12.1. The zero-order valence-electron chi connectivity index (χ0n) is 12.2. The number of carbonyl (C=O) groups is 1. The third kappa shape index (κ3) is 4.49. The standard InChI is InChI=1S/C15H16N2O4S/c1-21-14-5-3-4-13(10-14)16-15(18)11-6-8-12(9-7-11)17-22(2,19)20/h3-10,17H,1-2H3,(H,16,18). The Balaban J connectivity index is 2.09. The Bertz CT molecular complexity index is 770. The van der Waals surface area contributed by atoms with Gasteiger partial charge in [0.1, 0.15) is 5.75 Å². The minimum Gasteiger partial charge on any atom is -0.497 e. The predicted molar refractivity (Wildman–Crippen MR) is 85.9 cm³/mol. The van der Waals surface area contributed by atoms with E-state index in [9.17, 15) is 13.2 Å². The first-order valence-electron chi connectivity index (χ1n) is 6.40. The minimum absolute atomic E-state index is 0.292. The van der Waals surface area contributed by atoms with E-state index in [1.54, 1.807) is 43.5 Å². The van der Waals surface area contributed by atoms with Gasteiger partial charge in [0, 0.05) is 23.0 Å². The van der Waals surface area contributed by atoms with Gasteiger partial charge >= 0.3 is 0 Å². The smallest absolute Gasteiger partial charge is 0.255 e. The van der Waals surface area contributed by atoms with E-state index in [0.29, 0.717) is 22.7 Å². The van der Waals surface area contributed by atoms with Crippen LogP contribution < -0.4 is 14.8 Å². The Hall–Kier alpha value is -2.54. The van der Waals surface area contributed by atoms with Gasteiger partial charge in [-0.05, 0) is 36.4 Å². The van der Waals surface area contributed by atoms with Crippen LogP contribution in [0.25, 0.3) is 0 Å². The second-order valence-corrected chi connectivity index (χ2v) is 6.39. The summed E-state index contributed by atoms with van der Waals surface area (Å²) in [5.41, 5.74) is 1.44. The normalized spacial score (nSPS) is 10.8. The summed E-state index contributed by atoms with van der Waals surface area (Å²) < 4.78 is 29.7. The molecule has 0 saturated carbocycles. The first-order valence-corrected chi connectivity index (χ1v) is 8.30. The monoisotopic (exact) mass is 320 g/mol. The Kier molecular flexibility index (Phi) is 4.67.